The second-order valence-electron chi connectivity index (χ2n) is 7.56. The molecule has 154 valence electrons. The highest BCUT2D eigenvalue weighted by Crippen LogP contribution is 2.35. The normalized spacial score (nSPS) is 14.7. The van der Waals surface area contributed by atoms with Crippen LogP contribution in [0.3, 0.4) is 0 Å². The number of hydrogen-bond acceptors (Lipinski definition) is 5. The van der Waals surface area contributed by atoms with Crippen LogP contribution in [-0.4, -0.2) is 23.4 Å². The Hall–Kier alpha value is -3.26. The molecule has 1 fully saturated rings. The van der Waals surface area contributed by atoms with E-state index in [2.05, 4.69) is 28.0 Å². The summed E-state index contributed by atoms with van der Waals surface area (Å²) in [5.41, 5.74) is 2.03. The Kier molecular flexibility index (Phi) is 6.34. The lowest BCUT2D eigenvalue weighted by Crippen LogP contribution is -2.12. The number of benzene rings is 2. The van der Waals surface area contributed by atoms with Gasteiger partial charge in [-0.1, -0.05) is 41.3 Å². The van der Waals surface area contributed by atoms with Gasteiger partial charge in [0.25, 0.3) is 0 Å². The van der Waals surface area contributed by atoms with Crippen LogP contribution in [0.2, 0.25) is 0 Å². The Morgan fingerprint density at radius 2 is 1.90 bits per heavy atom. The predicted octanol–water partition coefficient (Wildman–Crippen LogP) is 5.09. The van der Waals surface area contributed by atoms with Crippen LogP contribution >= 0.6 is 0 Å². The molecule has 0 N–H and O–H groups in total. The molecule has 0 saturated heterocycles. The number of aromatic nitrogens is 2. The lowest BCUT2D eigenvalue weighted by molar-refractivity contribution is 0.200. The van der Waals surface area contributed by atoms with Crippen LogP contribution in [0.1, 0.15) is 54.4 Å². The molecule has 1 aromatic heterocycles. The largest absolute Gasteiger partial charge is 0.493 e. The molecule has 1 unspecified atom stereocenters. The van der Waals surface area contributed by atoms with E-state index in [0.29, 0.717) is 18.1 Å². The highest BCUT2D eigenvalue weighted by atomic mass is 16.5. The van der Waals surface area contributed by atoms with Gasteiger partial charge in [0.2, 0.25) is 5.89 Å². The first-order valence-corrected chi connectivity index (χ1v) is 10.4. The van der Waals surface area contributed by atoms with Crippen molar-refractivity contribution in [2.75, 3.05) is 7.11 Å². The van der Waals surface area contributed by atoms with Crippen molar-refractivity contribution < 1.29 is 14.0 Å². The molecular formula is C25H26N2O3. The maximum atomic E-state index is 6.28. The zero-order chi connectivity index (χ0) is 20.8. The first-order valence-electron chi connectivity index (χ1n) is 10.4. The summed E-state index contributed by atoms with van der Waals surface area (Å²) in [6.45, 7) is 1.79. The van der Waals surface area contributed by atoms with Crippen LogP contribution in [0.15, 0.2) is 53.1 Å². The first-order chi connectivity index (χ1) is 14.7. The lowest BCUT2D eigenvalue weighted by Gasteiger charge is -2.18. The number of ether oxygens (including phenoxy) is 2. The molecule has 4 rings (SSSR count). The van der Waals surface area contributed by atoms with Crippen molar-refractivity contribution in [3.05, 3.63) is 71.4 Å². The first kappa shape index (κ1) is 20.0. The minimum absolute atomic E-state index is 0.0981. The second kappa shape index (κ2) is 9.49. The third kappa shape index (κ3) is 5.01. The molecule has 2 aromatic carbocycles. The van der Waals surface area contributed by atoms with Gasteiger partial charge in [0, 0.05) is 18.9 Å². The van der Waals surface area contributed by atoms with E-state index in [1.807, 2.05) is 42.5 Å². The van der Waals surface area contributed by atoms with Crippen molar-refractivity contribution in [1.29, 1.82) is 0 Å². The molecule has 1 aliphatic carbocycles. The van der Waals surface area contributed by atoms with E-state index in [4.69, 9.17) is 14.0 Å². The van der Waals surface area contributed by atoms with Gasteiger partial charge in [-0.15, -0.1) is 0 Å². The fraction of sp³-hybridized carbons (Fsp3) is 0.360. The van der Waals surface area contributed by atoms with Crippen molar-refractivity contribution in [3.63, 3.8) is 0 Å². The molecule has 1 saturated carbocycles. The number of nitrogens with zero attached hydrogens (tertiary/aromatic N) is 2. The number of hydrogen-bond donors (Lipinski definition) is 0. The van der Waals surface area contributed by atoms with Gasteiger partial charge < -0.3 is 14.0 Å². The van der Waals surface area contributed by atoms with Crippen LogP contribution in [0.5, 0.6) is 11.5 Å². The SMILES string of the molecule is COc1ccc(C(C#Cc2ccccc2)Cc2noc(C)n2)cc1OC1CCCC1. The summed E-state index contributed by atoms with van der Waals surface area (Å²) in [4.78, 5) is 4.37. The highest BCUT2D eigenvalue weighted by Gasteiger charge is 2.21. The molecule has 0 radical (unpaired) electrons. The zero-order valence-corrected chi connectivity index (χ0v) is 17.4. The Morgan fingerprint density at radius 3 is 2.60 bits per heavy atom. The van der Waals surface area contributed by atoms with Crippen molar-refractivity contribution >= 4 is 0 Å². The Bertz CT molecular complexity index is 1030. The van der Waals surface area contributed by atoms with Crippen LogP contribution in [0, 0.1) is 18.8 Å². The minimum atomic E-state index is -0.0981. The van der Waals surface area contributed by atoms with Crippen molar-refractivity contribution in [3.8, 4) is 23.3 Å². The van der Waals surface area contributed by atoms with Gasteiger partial charge in [-0.2, -0.15) is 4.98 Å². The van der Waals surface area contributed by atoms with E-state index in [1.54, 1.807) is 14.0 Å². The summed E-state index contributed by atoms with van der Waals surface area (Å²) in [6.07, 6.45) is 5.43. The van der Waals surface area contributed by atoms with Gasteiger partial charge in [0.15, 0.2) is 17.3 Å². The molecule has 0 spiro atoms. The fourth-order valence-electron chi connectivity index (χ4n) is 3.74. The topological polar surface area (TPSA) is 57.4 Å². The van der Waals surface area contributed by atoms with Crippen molar-refractivity contribution in [2.45, 2.75) is 51.0 Å². The van der Waals surface area contributed by atoms with Crippen LogP contribution in [-0.2, 0) is 6.42 Å². The molecule has 5 heteroatoms. The smallest absolute Gasteiger partial charge is 0.223 e. The molecule has 0 bridgehead atoms. The Balaban J connectivity index is 1.65. The van der Waals surface area contributed by atoms with Gasteiger partial charge >= 0.3 is 0 Å². The molecule has 1 aliphatic rings. The van der Waals surface area contributed by atoms with Gasteiger partial charge in [-0.3, -0.25) is 0 Å². The molecule has 3 aromatic rings. The predicted molar refractivity (Wildman–Crippen MR) is 115 cm³/mol. The van der Waals surface area contributed by atoms with Gasteiger partial charge in [0.05, 0.1) is 19.1 Å². The summed E-state index contributed by atoms with van der Waals surface area (Å²) >= 11 is 0. The average Bonchev–Trinajstić information content (AvgIpc) is 3.43. The summed E-state index contributed by atoms with van der Waals surface area (Å²) in [6, 6.07) is 16.0. The van der Waals surface area contributed by atoms with E-state index >= 15 is 0 Å². The quantitative estimate of drug-likeness (QED) is 0.538. The highest BCUT2D eigenvalue weighted by molar-refractivity contribution is 5.47. The summed E-state index contributed by atoms with van der Waals surface area (Å²) in [5.74, 6) is 9.31. The monoisotopic (exact) mass is 402 g/mol. The molecule has 0 amide bonds. The third-order valence-electron chi connectivity index (χ3n) is 5.31. The van der Waals surface area contributed by atoms with E-state index in [0.717, 1.165) is 35.5 Å². The van der Waals surface area contributed by atoms with E-state index in [1.165, 1.54) is 12.8 Å². The van der Waals surface area contributed by atoms with E-state index < -0.39 is 0 Å². The summed E-state index contributed by atoms with van der Waals surface area (Å²) in [7, 11) is 1.67. The standard InChI is InChI=1S/C25H26N2O3/c1-18-26-25(27-30-18)17-21(13-12-19-8-4-3-5-9-19)20-14-15-23(28-2)24(16-20)29-22-10-6-7-11-22/h3-5,8-9,14-16,21-22H,6-7,10-11,17H2,1-2H3. The molecule has 0 aliphatic heterocycles. The molecule has 1 atom stereocenters. The average molecular weight is 402 g/mol. The Morgan fingerprint density at radius 1 is 1.10 bits per heavy atom. The van der Waals surface area contributed by atoms with Crippen LogP contribution in [0.4, 0.5) is 0 Å². The fourth-order valence-corrected chi connectivity index (χ4v) is 3.74. The number of aryl methyl sites for hydroxylation is 1. The van der Waals surface area contributed by atoms with Crippen LogP contribution < -0.4 is 9.47 Å². The molecular weight excluding hydrogens is 376 g/mol. The zero-order valence-electron chi connectivity index (χ0n) is 17.4. The van der Waals surface area contributed by atoms with Gasteiger partial charge in [0.1, 0.15) is 0 Å². The lowest BCUT2D eigenvalue weighted by atomic mass is 9.95. The van der Waals surface area contributed by atoms with Crippen molar-refractivity contribution in [2.24, 2.45) is 0 Å². The van der Waals surface area contributed by atoms with Gasteiger partial charge in [-0.25, -0.2) is 0 Å². The number of rotatable bonds is 6. The van der Waals surface area contributed by atoms with Crippen LogP contribution in [0.25, 0.3) is 0 Å². The maximum absolute atomic E-state index is 6.28. The molecule has 30 heavy (non-hydrogen) atoms. The van der Waals surface area contributed by atoms with Gasteiger partial charge in [-0.05, 0) is 55.5 Å². The molecule has 1 heterocycles. The Labute approximate surface area is 177 Å². The van der Waals surface area contributed by atoms with E-state index in [9.17, 15) is 0 Å². The number of methoxy groups -OCH3 is 1. The van der Waals surface area contributed by atoms with E-state index in [-0.39, 0.29) is 12.0 Å². The molecule has 5 nitrogen and oxygen atoms in total. The maximum Gasteiger partial charge on any atom is 0.223 e. The van der Waals surface area contributed by atoms with Crippen molar-refractivity contribution in [1.82, 2.24) is 10.1 Å². The summed E-state index contributed by atoms with van der Waals surface area (Å²) in [5, 5.41) is 4.07. The summed E-state index contributed by atoms with van der Waals surface area (Å²) < 4.78 is 17.0. The second-order valence-corrected chi connectivity index (χ2v) is 7.56. The minimum Gasteiger partial charge on any atom is -0.493 e. The third-order valence-corrected chi connectivity index (χ3v) is 5.31.